The lowest BCUT2D eigenvalue weighted by atomic mass is 10.1. The van der Waals surface area contributed by atoms with E-state index in [1.54, 1.807) is 5.38 Å². The summed E-state index contributed by atoms with van der Waals surface area (Å²) in [6, 6.07) is 17.2. The van der Waals surface area contributed by atoms with Gasteiger partial charge in [0.1, 0.15) is 17.2 Å². The van der Waals surface area contributed by atoms with Gasteiger partial charge in [-0.25, -0.2) is 13.8 Å². The summed E-state index contributed by atoms with van der Waals surface area (Å²) in [4.78, 5) is 16.5. The molecule has 4 aromatic rings. The summed E-state index contributed by atoms with van der Waals surface area (Å²) >= 11 is 1.20. The smallest absolute Gasteiger partial charge is 0.263 e. The van der Waals surface area contributed by atoms with Crippen LogP contribution in [0, 0.1) is 11.6 Å². The molecule has 1 aromatic heterocycles. The fraction of sp³-hybridized carbons (Fsp3) is 0. The van der Waals surface area contributed by atoms with Gasteiger partial charge in [-0.1, -0.05) is 42.5 Å². The molecule has 0 spiro atoms. The Balaban J connectivity index is 1.60. The third kappa shape index (κ3) is 3.07. The standard InChI is InChI=1S/C20H12F2N2OS/c21-15-6-3-7-16(22)18(15)19(25)24-20-23-17(11-26-20)14-9-8-12-4-1-2-5-13(12)10-14/h1-11H,(H,23,24,25). The van der Waals surface area contributed by atoms with Crippen LogP contribution in [0.1, 0.15) is 10.4 Å². The van der Waals surface area contributed by atoms with Crippen molar-refractivity contribution in [2.75, 3.05) is 5.32 Å². The van der Waals surface area contributed by atoms with Gasteiger partial charge in [-0.3, -0.25) is 10.1 Å². The van der Waals surface area contributed by atoms with E-state index in [2.05, 4.69) is 10.3 Å². The number of carbonyl (C=O) groups excluding carboxylic acids is 1. The topological polar surface area (TPSA) is 42.0 Å². The second kappa shape index (κ2) is 6.65. The molecule has 0 saturated heterocycles. The highest BCUT2D eigenvalue weighted by Gasteiger charge is 2.18. The summed E-state index contributed by atoms with van der Waals surface area (Å²) in [5, 5.41) is 6.72. The molecule has 128 valence electrons. The third-order valence-corrected chi connectivity index (χ3v) is 4.72. The van der Waals surface area contributed by atoms with Crippen LogP contribution < -0.4 is 5.32 Å². The lowest BCUT2D eigenvalue weighted by molar-refractivity contribution is 0.101. The van der Waals surface area contributed by atoms with Gasteiger partial charge in [0.2, 0.25) is 0 Å². The molecule has 1 amide bonds. The van der Waals surface area contributed by atoms with Crippen molar-refractivity contribution in [2.24, 2.45) is 0 Å². The van der Waals surface area contributed by atoms with Crippen molar-refractivity contribution in [1.82, 2.24) is 4.98 Å². The third-order valence-electron chi connectivity index (χ3n) is 3.96. The van der Waals surface area contributed by atoms with Crippen LogP contribution in [0.15, 0.2) is 66.0 Å². The molecule has 0 unspecified atom stereocenters. The maximum atomic E-state index is 13.7. The SMILES string of the molecule is O=C(Nc1nc(-c2ccc3ccccc3c2)cs1)c1c(F)cccc1F. The number of carbonyl (C=O) groups is 1. The minimum Gasteiger partial charge on any atom is -0.298 e. The summed E-state index contributed by atoms with van der Waals surface area (Å²) < 4.78 is 27.4. The summed E-state index contributed by atoms with van der Waals surface area (Å²) in [5.41, 5.74) is 0.970. The van der Waals surface area contributed by atoms with Crippen molar-refractivity contribution < 1.29 is 13.6 Å². The number of anilines is 1. The van der Waals surface area contributed by atoms with Gasteiger partial charge in [-0.15, -0.1) is 11.3 Å². The number of fused-ring (bicyclic) bond motifs is 1. The fourth-order valence-corrected chi connectivity index (χ4v) is 3.40. The van der Waals surface area contributed by atoms with Gasteiger partial charge in [-0.2, -0.15) is 0 Å². The van der Waals surface area contributed by atoms with Crippen molar-refractivity contribution in [3.63, 3.8) is 0 Å². The zero-order valence-electron chi connectivity index (χ0n) is 13.4. The van der Waals surface area contributed by atoms with Crippen molar-refractivity contribution in [2.45, 2.75) is 0 Å². The van der Waals surface area contributed by atoms with Gasteiger partial charge < -0.3 is 0 Å². The zero-order chi connectivity index (χ0) is 18.1. The summed E-state index contributed by atoms with van der Waals surface area (Å²) in [7, 11) is 0. The van der Waals surface area contributed by atoms with E-state index in [0.717, 1.165) is 28.5 Å². The average molecular weight is 366 g/mol. The van der Waals surface area contributed by atoms with Crippen LogP contribution in [0.25, 0.3) is 22.0 Å². The number of amides is 1. The predicted molar refractivity (Wildman–Crippen MR) is 99.4 cm³/mol. The molecule has 0 aliphatic rings. The Bertz CT molecular complexity index is 1100. The van der Waals surface area contributed by atoms with Crippen LogP contribution in [0.4, 0.5) is 13.9 Å². The number of rotatable bonds is 3. The van der Waals surface area contributed by atoms with Gasteiger partial charge in [-0.05, 0) is 29.0 Å². The lowest BCUT2D eigenvalue weighted by Crippen LogP contribution is -2.15. The first-order chi connectivity index (χ1) is 12.6. The molecule has 3 aromatic carbocycles. The van der Waals surface area contributed by atoms with E-state index in [1.165, 1.54) is 17.4 Å². The molecule has 26 heavy (non-hydrogen) atoms. The zero-order valence-corrected chi connectivity index (χ0v) is 14.2. The number of nitrogens with zero attached hydrogens (tertiary/aromatic N) is 1. The molecule has 0 aliphatic heterocycles. The van der Waals surface area contributed by atoms with Gasteiger partial charge in [0, 0.05) is 10.9 Å². The van der Waals surface area contributed by atoms with Crippen molar-refractivity contribution in [3.8, 4) is 11.3 Å². The van der Waals surface area contributed by atoms with Crippen LogP contribution in [0.5, 0.6) is 0 Å². The first kappa shape index (κ1) is 16.4. The van der Waals surface area contributed by atoms with Gasteiger partial charge in [0.15, 0.2) is 5.13 Å². The number of thiazole rings is 1. The van der Waals surface area contributed by atoms with E-state index < -0.39 is 23.1 Å². The number of hydrogen-bond acceptors (Lipinski definition) is 3. The van der Waals surface area contributed by atoms with E-state index in [-0.39, 0.29) is 5.13 Å². The molecule has 6 heteroatoms. The molecule has 0 bridgehead atoms. The lowest BCUT2D eigenvalue weighted by Gasteiger charge is -2.04. The van der Waals surface area contributed by atoms with Crippen LogP contribution >= 0.6 is 11.3 Å². The van der Waals surface area contributed by atoms with E-state index in [9.17, 15) is 13.6 Å². The molecule has 0 radical (unpaired) electrons. The Labute approximate surface area is 151 Å². The first-order valence-electron chi connectivity index (χ1n) is 7.82. The Morgan fingerprint density at radius 3 is 2.42 bits per heavy atom. The number of benzene rings is 3. The molecule has 0 aliphatic carbocycles. The Morgan fingerprint density at radius 2 is 1.65 bits per heavy atom. The monoisotopic (exact) mass is 366 g/mol. The molecule has 1 N–H and O–H groups in total. The molecule has 3 nitrogen and oxygen atoms in total. The summed E-state index contributed by atoms with van der Waals surface area (Å²) in [5.74, 6) is -2.68. The van der Waals surface area contributed by atoms with E-state index >= 15 is 0 Å². The number of halogens is 2. The first-order valence-corrected chi connectivity index (χ1v) is 8.70. The maximum Gasteiger partial charge on any atom is 0.263 e. The minimum absolute atomic E-state index is 0.279. The Morgan fingerprint density at radius 1 is 0.923 bits per heavy atom. The van der Waals surface area contributed by atoms with Crippen LogP contribution in [-0.4, -0.2) is 10.9 Å². The maximum absolute atomic E-state index is 13.7. The Kier molecular flexibility index (Phi) is 4.18. The van der Waals surface area contributed by atoms with Crippen molar-refractivity contribution in [1.29, 1.82) is 0 Å². The summed E-state index contributed by atoms with van der Waals surface area (Å²) in [6.45, 7) is 0. The van der Waals surface area contributed by atoms with Crippen molar-refractivity contribution in [3.05, 3.63) is 83.2 Å². The number of aromatic nitrogens is 1. The van der Waals surface area contributed by atoms with Crippen LogP contribution in [-0.2, 0) is 0 Å². The molecule has 1 heterocycles. The highest BCUT2D eigenvalue weighted by Crippen LogP contribution is 2.28. The second-order valence-corrected chi connectivity index (χ2v) is 6.51. The van der Waals surface area contributed by atoms with Gasteiger partial charge in [0.05, 0.1) is 5.69 Å². The Hall–Kier alpha value is -3.12. The largest absolute Gasteiger partial charge is 0.298 e. The minimum atomic E-state index is -0.909. The second-order valence-electron chi connectivity index (χ2n) is 5.65. The molecule has 0 saturated carbocycles. The number of hydrogen-bond donors (Lipinski definition) is 1. The van der Waals surface area contributed by atoms with Crippen LogP contribution in [0.2, 0.25) is 0 Å². The highest BCUT2D eigenvalue weighted by molar-refractivity contribution is 7.14. The predicted octanol–water partition coefficient (Wildman–Crippen LogP) is 5.49. The molecule has 4 rings (SSSR count). The molecule has 0 atom stereocenters. The van der Waals surface area contributed by atoms with Gasteiger partial charge in [0.25, 0.3) is 5.91 Å². The van der Waals surface area contributed by atoms with Gasteiger partial charge >= 0.3 is 0 Å². The van der Waals surface area contributed by atoms with E-state index in [0.29, 0.717) is 5.69 Å². The fourth-order valence-electron chi connectivity index (χ4n) is 2.69. The van der Waals surface area contributed by atoms with Crippen LogP contribution in [0.3, 0.4) is 0 Å². The highest BCUT2D eigenvalue weighted by atomic mass is 32.1. The normalized spacial score (nSPS) is 10.8. The molecule has 0 fully saturated rings. The molecular formula is C20H12F2N2OS. The quantitative estimate of drug-likeness (QED) is 0.521. The summed E-state index contributed by atoms with van der Waals surface area (Å²) in [6.07, 6.45) is 0. The average Bonchev–Trinajstić information content (AvgIpc) is 3.09. The van der Waals surface area contributed by atoms with E-state index in [1.807, 2.05) is 42.5 Å². The molecular weight excluding hydrogens is 354 g/mol. The number of nitrogens with one attached hydrogen (secondary N) is 1. The van der Waals surface area contributed by atoms with Crippen molar-refractivity contribution >= 4 is 33.1 Å². The van der Waals surface area contributed by atoms with E-state index in [4.69, 9.17) is 0 Å².